The molecule has 0 saturated carbocycles. The number of imidazole rings is 1. The zero-order valence-electron chi connectivity index (χ0n) is 27.3. The molecule has 0 radical (unpaired) electrons. The van der Waals surface area contributed by atoms with Crippen molar-refractivity contribution in [3.8, 4) is 34.0 Å². The highest BCUT2D eigenvalue weighted by Gasteiger charge is 2.30. The van der Waals surface area contributed by atoms with Gasteiger partial charge in [0.25, 0.3) is 0 Å². The van der Waals surface area contributed by atoms with Crippen molar-refractivity contribution in [1.29, 1.82) is 0 Å². The van der Waals surface area contributed by atoms with Gasteiger partial charge in [0.15, 0.2) is 11.5 Å². The molecular formula is C36H46N6O3. The van der Waals surface area contributed by atoms with Gasteiger partial charge in [-0.1, -0.05) is 12.1 Å². The molecule has 0 atom stereocenters. The van der Waals surface area contributed by atoms with Crippen LogP contribution in [0.1, 0.15) is 13.8 Å². The Kier molecular flexibility index (Phi) is 8.33. The molecule has 0 unspecified atom stereocenters. The molecule has 4 aromatic rings. The molecule has 0 bridgehead atoms. The summed E-state index contributed by atoms with van der Waals surface area (Å²) in [7, 11) is 5.45. The summed E-state index contributed by atoms with van der Waals surface area (Å²) in [4.78, 5) is 15.5. The highest BCUT2D eigenvalue weighted by Crippen LogP contribution is 2.38. The van der Waals surface area contributed by atoms with Crippen LogP contribution in [0.2, 0.25) is 0 Å². The van der Waals surface area contributed by atoms with Crippen LogP contribution in [0.15, 0.2) is 54.6 Å². The first-order valence-corrected chi connectivity index (χ1v) is 16.3. The van der Waals surface area contributed by atoms with E-state index in [1.54, 1.807) is 14.2 Å². The van der Waals surface area contributed by atoms with E-state index in [4.69, 9.17) is 19.2 Å². The van der Waals surface area contributed by atoms with Gasteiger partial charge in [-0.15, -0.1) is 0 Å². The van der Waals surface area contributed by atoms with Crippen LogP contribution in [-0.2, 0) is 11.8 Å². The van der Waals surface area contributed by atoms with Gasteiger partial charge in [0, 0.05) is 76.7 Å². The van der Waals surface area contributed by atoms with E-state index in [0.717, 1.165) is 88.0 Å². The van der Waals surface area contributed by atoms with Crippen LogP contribution in [0.4, 0.5) is 11.4 Å². The largest absolute Gasteiger partial charge is 0.493 e. The first-order chi connectivity index (χ1) is 21.9. The smallest absolute Gasteiger partial charge is 0.161 e. The van der Waals surface area contributed by atoms with E-state index in [9.17, 15) is 0 Å². The molecule has 45 heavy (non-hydrogen) atoms. The van der Waals surface area contributed by atoms with Gasteiger partial charge < -0.3 is 28.6 Å². The summed E-state index contributed by atoms with van der Waals surface area (Å²) in [5.74, 6) is 2.32. The molecule has 3 aliphatic heterocycles. The average molecular weight is 611 g/mol. The van der Waals surface area contributed by atoms with Crippen LogP contribution in [0.25, 0.3) is 33.5 Å². The Hall–Kier alpha value is -3.79. The van der Waals surface area contributed by atoms with Crippen LogP contribution in [0, 0.1) is 0 Å². The van der Waals surface area contributed by atoms with Crippen LogP contribution in [-0.4, -0.2) is 111 Å². The Morgan fingerprint density at radius 2 is 1.40 bits per heavy atom. The van der Waals surface area contributed by atoms with Crippen molar-refractivity contribution < 1.29 is 14.2 Å². The summed E-state index contributed by atoms with van der Waals surface area (Å²) in [6, 6.07) is 21.0. The summed E-state index contributed by atoms with van der Waals surface area (Å²) < 4.78 is 18.8. The Bertz CT molecular complexity index is 1630. The molecular weight excluding hydrogens is 564 g/mol. The fourth-order valence-electron chi connectivity index (χ4n) is 7.03. The lowest BCUT2D eigenvalue weighted by Gasteiger charge is -2.43. The van der Waals surface area contributed by atoms with Crippen molar-refractivity contribution >= 4 is 22.4 Å². The summed E-state index contributed by atoms with van der Waals surface area (Å²) in [6.07, 6.45) is 0. The lowest BCUT2D eigenvalue weighted by molar-refractivity contribution is -0.0660. The van der Waals surface area contributed by atoms with E-state index >= 15 is 0 Å². The number of hydrogen-bond donors (Lipinski definition) is 0. The fourth-order valence-corrected chi connectivity index (χ4v) is 7.03. The van der Waals surface area contributed by atoms with Crippen molar-refractivity contribution in [3.63, 3.8) is 0 Å². The zero-order chi connectivity index (χ0) is 31.1. The van der Waals surface area contributed by atoms with E-state index in [2.05, 4.69) is 87.5 Å². The molecule has 3 saturated heterocycles. The summed E-state index contributed by atoms with van der Waals surface area (Å²) >= 11 is 0. The number of nitrogens with zero attached hydrogens (tertiary/aromatic N) is 6. The van der Waals surface area contributed by atoms with Crippen LogP contribution < -0.4 is 19.3 Å². The maximum atomic E-state index is 5.63. The van der Waals surface area contributed by atoms with Gasteiger partial charge in [-0.3, -0.25) is 9.80 Å². The van der Waals surface area contributed by atoms with E-state index in [1.807, 2.05) is 12.1 Å². The van der Waals surface area contributed by atoms with Gasteiger partial charge in [0.2, 0.25) is 0 Å². The van der Waals surface area contributed by atoms with E-state index in [1.165, 1.54) is 22.5 Å². The topological polar surface area (TPSA) is 58.5 Å². The molecule has 1 aromatic heterocycles. The molecule has 4 heterocycles. The number of fused-ring (bicyclic) bond motifs is 1. The van der Waals surface area contributed by atoms with Gasteiger partial charge in [0.05, 0.1) is 44.7 Å². The minimum Gasteiger partial charge on any atom is -0.493 e. The van der Waals surface area contributed by atoms with Gasteiger partial charge >= 0.3 is 0 Å². The first kappa shape index (κ1) is 29.9. The molecule has 0 aliphatic carbocycles. The number of aryl methyl sites for hydroxylation is 1. The minimum absolute atomic E-state index is 0.567. The third kappa shape index (κ3) is 5.73. The summed E-state index contributed by atoms with van der Waals surface area (Å²) in [6.45, 7) is 14.7. The fraction of sp³-hybridized carbons (Fsp3) is 0.472. The number of anilines is 2. The summed E-state index contributed by atoms with van der Waals surface area (Å²) in [5.41, 5.74) is 8.09. The number of hydrogen-bond acceptors (Lipinski definition) is 8. The van der Waals surface area contributed by atoms with Crippen LogP contribution in [0.3, 0.4) is 0 Å². The molecule has 9 heteroatoms. The second-order valence-corrected chi connectivity index (χ2v) is 12.8. The third-order valence-corrected chi connectivity index (χ3v) is 10.0. The number of methoxy groups -OCH3 is 2. The van der Waals surface area contributed by atoms with Gasteiger partial charge in [0.1, 0.15) is 11.3 Å². The Morgan fingerprint density at radius 3 is 2.02 bits per heavy atom. The van der Waals surface area contributed by atoms with Crippen molar-refractivity contribution in [1.82, 2.24) is 19.4 Å². The zero-order valence-corrected chi connectivity index (χ0v) is 27.3. The molecule has 9 nitrogen and oxygen atoms in total. The predicted octanol–water partition coefficient (Wildman–Crippen LogP) is 4.98. The van der Waals surface area contributed by atoms with Crippen molar-refractivity contribution in [2.45, 2.75) is 25.9 Å². The SMILES string of the molecule is COc1ccc(-c2nc3c(N4CCN(C5COC5)CC4)cc(-c4ccc(N5CCN(C(C)C)CC5)cc4)cc3n2C)cc1OC. The highest BCUT2D eigenvalue weighted by atomic mass is 16.5. The van der Waals surface area contributed by atoms with E-state index in [0.29, 0.717) is 23.6 Å². The molecule has 3 aromatic carbocycles. The number of piperazine rings is 2. The standard InChI is InChI=1S/C36H46N6O3/c1-25(2)39-12-14-40(15-13-39)29-9-6-26(7-10-29)28-20-31-35(32(21-28)42-18-16-41(17-19-42)30-23-45-24-30)37-36(38(31)3)27-8-11-33(43-4)34(22-27)44-5/h6-11,20-22,25,30H,12-19,23-24H2,1-5H3. The molecule has 0 N–H and O–H groups in total. The van der Waals surface area contributed by atoms with Crippen molar-refractivity contribution in [2.75, 3.05) is 89.6 Å². The van der Waals surface area contributed by atoms with Crippen LogP contribution >= 0.6 is 0 Å². The minimum atomic E-state index is 0.567. The van der Waals surface area contributed by atoms with Gasteiger partial charge in [-0.05, 0) is 67.4 Å². The van der Waals surface area contributed by atoms with Crippen LogP contribution in [0.5, 0.6) is 11.5 Å². The van der Waals surface area contributed by atoms with Gasteiger partial charge in [-0.2, -0.15) is 0 Å². The average Bonchev–Trinajstić information content (AvgIpc) is 3.39. The lowest BCUT2D eigenvalue weighted by atomic mass is 10.0. The lowest BCUT2D eigenvalue weighted by Crippen LogP contribution is -2.56. The van der Waals surface area contributed by atoms with Gasteiger partial charge in [-0.25, -0.2) is 4.98 Å². The maximum absolute atomic E-state index is 5.63. The number of ether oxygens (including phenoxy) is 3. The highest BCUT2D eigenvalue weighted by molar-refractivity contribution is 5.96. The molecule has 7 rings (SSSR count). The predicted molar refractivity (Wildman–Crippen MR) is 182 cm³/mol. The van der Waals surface area contributed by atoms with Crippen molar-refractivity contribution in [3.05, 3.63) is 54.6 Å². The summed E-state index contributed by atoms with van der Waals surface area (Å²) in [5, 5.41) is 0. The molecule has 3 aliphatic rings. The van der Waals surface area contributed by atoms with Crippen molar-refractivity contribution in [2.24, 2.45) is 7.05 Å². The van der Waals surface area contributed by atoms with E-state index < -0.39 is 0 Å². The first-order valence-electron chi connectivity index (χ1n) is 16.3. The number of rotatable bonds is 8. The maximum Gasteiger partial charge on any atom is 0.161 e. The quantitative estimate of drug-likeness (QED) is 0.277. The number of benzene rings is 3. The molecule has 3 fully saturated rings. The normalized spacial score (nSPS) is 18.5. The molecule has 0 amide bonds. The molecule has 0 spiro atoms. The Balaban J connectivity index is 1.24. The Labute approximate surface area is 266 Å². The Morgan fingerprint density at radius 1 is 0.733 bits per heavy atom. The number of aromatic nitrogens is 2. The molecule has 238 valence electrons. The third-order valence-electron chi connectivity index (χ3n) is 10.0. The van der Waals surface area contributed by atoms with E-state index in [-0.39, 0.29) is 0 Å². The second kappa shape index (κ2) is 12.5. The second-order valence-electron chi connectivity index (χ2n) is 12.8. The monoisotopic (exact) mass is 610 g/mol.